The van der Waals surface area contributed by atoms with Crippen LogP contribution in [0.1, 0.15) is 38.8 Å². The zero-order valence-corrected chi connectivity index (χ0v) is 12.4. The zero-order valence-electron chi connectivity index (χ0n) is 12.4. The molecule has 1 amide bonds. The van der Waals surface area contributed by atoms with Gasteiger partial charge in [0.15, 0.2) is 0 Å². The van der Waals surface area contributed by atoms with Crippen LogP contribution < -0.4 is 0 Å². The standard InChI is InChI=1S/C15H20N2O4/c1-15(2,3)21-14(20)17-8-6-11(13(18)19)12(17)10-5-4-7-16-9-10/h4-5,7,9,11-12H,6,8H2,1-3H3,(H,18,19)/t11-,12+/m0/s1. The fourth-order valence-electron chi connectivity index (χ4n) is 2.54. The third-order valence-corrected chi connectivity index (χ3v) is 3.37. The summed E-state index contributed by atoms with van der Waals surface area (Å²) in [5.41, 5.74) is 0.103. The van der Waals surface area contributed by atoms with Crippen LogP contribution in [0.3, 0.4) is 0 Å². The van der Waals surface area contributed by atoms with Crippen LogP contribution >= 0.6 is 0 Å². The minimum atomic E-state index is -0.907. The second kappa shape index (κ2) is 5.71. The molecule has 2 atom stereocenters. The summed E-state index contributed by atoms with van der Waals surface area (Å²) >= 11 is 0. The van der Waals surface area contributed by atoms with E-state index in [0.29, 0.717) is 18.5 Å². The van der Waals surface area contributed by atoms with Gasteiger partial charge in [0.1, 0.15) is 5.60 Å². The number of hydrogen-bond acceptors (Lipinski definition) is 4. The molecule has 1 aromatic rings. The van der Waals surface area contributed by atoms with Crippen LogP contribution in [0.5, 0.6) is 0 Å². The fourth-order valence-corrected chi connectivity index (χ4v) is 2.54. The van der Waals surface area contributed by atoms with Crippen molar-refractivity contribution in [1.29, 1.82) is 0 Å². The van der Waals surface area contributed by atoms with Crippen molar-refractivity contribution in [3.05, 3.63) is 30.1 Å². The van der Waals surface area contributed by atoms with E-state index in [9.17, 15) is 14.7 Å². The summed E-state index contributed by atoms with van der Waals surface area (Å²) in [6.45, 7) is 5.73. The number of ether oxygens (including phenoxy) is 1. The third kappa shape index (κ3) is 3.51. The summed E-state index contributed by atoms with van der Waals surface area (Å²) in [5.74, 6) is -1.54. The molecular formula is C15H20N2O4. The van der Waals surface area contributed by atoms with E-state index in [4.69, 9.17) is 4.74 Å². The fraction of sp³-hybridized carbons (Fsp3) is 0.533. The van der Waals surface area contributed by atoms with Crippen molar-refractivity contribution in [2.45, 2.75) is 38.8 Å². The second-order valence-corrected chi connectivity index (χ2v) is 6.14. The molecule has 0 spiro atoms. The van der Waals surface area contributed by atoms with Gasteiger partial charge in [0, 0.05) is 18.9 Å². The van der Waals surface area contributed by atoms with E-state index < -0.39 is 29.6 Å². The van der Waals surface area contributed by atoms with E-state index in [2.05, 4.69) is 4.98 Å². The van der Waals surface area contributed by atoms with Gasteiger partial charge in [-0.1, -0.05) is 6.07 Å². The van der Waals surface area contributed by atoms with Crippen molar-refractivity contribution < 1.29 is 19.4 Å². The molecule has 21 heavy (non-hydrogen) atoms. The van der Waals surface area contributed by atoms with Crippen LogP contribution in [-0.2, 0) is 9.53 Å². The highest BCUT2D eigenvalue weighted by Crippen LogP contribution is 2.38. The van der Waals surface area contributed by atoms with Crippen LogP contribution in [0.15, 0.2) is 24.5 Å². The third-order valence-electron chi connectivity index (χ3n) is 3.37. The van der Waals surface area contributed by atoms with Crippen LogP contribution in [0.25, 0.3) is 0 Å². The van der Waals surface area contributed by atoms with Crippen molar-refractivity contribution in [3.63, 3.8) is 0 Å². The molecule has 1 saturated heterocycles. The highest BCUT2D eigenvalue weighted by atomic mass is 16.6. The number of hydrogen-bond donors (Lipinski definition) is 1. The first kappa shape index (κ1) is 15.3. The predicted molar refractivity (Wildman–Crippen MR) is 75.7 cm³/mol. The van der Waals surface area contributed by atoms with Gasteiger partial charge in [-0.3, -0.25) is 9.78 Å². The maximum atomic E-state index is 12.3. The molecule has 1 fully saturated rings. The number of carbonyl (C=O) groups excluding carboxylic acids is 1. The number of likely N-dealkylation sites (tertiary alicyclic amines) is 1. The van der Waals surface area contributed by atoms with Gasteiger partial charge in [-0.05, 0) is 38.8 Å². The summed E-state index contributed by atoms with van der Waals surface area (Å²) < 4.78 is 5.38. The van der Waals surface area contributed by atoms with E-state index >= 15 is 0 Å². The Bertz CT molecular complexity index is 524. The predicted octanol–water partition coefficient (Wildman–Crippen LogP) is 2.46. The van der Waals surface area contributed by atoms with Gasteiger partial charge in [0.05, 0.1) is 12.0 Å². The summed E-state index contributed by atoms with van der Waals surface area (Å²) in [5, 5.41) is 9.38. The van der Waals surface area contributed by atoms with Gasteiger partial charge < -0.3 is 14.7 Å². The van der Waals surface area contributed by atoms with Crippen molar-refractivity contribution in [2.24, 2.45) is 5.92 Å². The average Bonchev–Trinajstić information content (AvgIpc) is 2.82. The molecule has 1 N–H and O–H groups in total. The van der Waals surface area contributed by atoms with Crippen molar-refractivity contribution in [3.8, 4) is 0 Å². The van der Waals surface area contributed by atoms with Gasteiger partial charge >= 0.3 is 12.1 Å². The number of carbonyl (C=O) groups is 2. The van der Waals surface area contributed by atoms with Crippen molar-refractivity contribution >= 4 is 12.1 Å². The Hall–Kier alpha value is -2.11. The van der Waals surface area contributed by atoms with Crippen LogP contribution in [-0.4, -0.2) is 39.2 Å². The number of aromatic nitrogens is 1. The lowest BCUT2D eigenvalue weighted by Gasteiger charge is -2.29. The first-order chi connectivity index (χ1) is 9.79. The number of amides is 1. The normalized spacial score (nSPS) is 22.1. The first-order valence-electron chi connectivity index (χ1n) is 6.92. The Morgan fingerprint density at radius 2 is 2.14 bits per heavy atom. The molecule has 0 saturated carbocycles. The minimum Gasteiger partial charge on any atom is -0.481 e. The largest absolute Gasteiger partial charge is 0.481 e. The average molecular weight is 292 g/mol. The molecule has 0 aromatic carbocycles. The van der Waals surface area contributed by atoms with E-state index in [1.807, 2.05) is 0 Å². The minimum absolute atomic E-state index is 0.367. The molecule has 0 radical (unpaired) electrons. The van der Waals surface area contributed by atoms with Gasteiger partial charge in [0.2, 0.25) is 0 Å². The summed E-state index contributed by atoms with van der Waals surface area (Å²) in [4.78, 5) is 29.2. The van der Waals surface area contributed by atoms with Crippen LogP contribution in [0.2, 0.25) is 0 Å². The topological polar surface area (TPSA) is 79.7 Å². The molecule has 6 heteroatoms. The highest BCUT2D eigenvalue weighted by Gasteiger charge is 2.43. The SMILES string of the molecule is CC(C)(C)OC(=O)N1CC[C@H](C(=O)O)[C@H]1c1cccnc1. The Morgan fingerprint density at radius 1 is 1.43 bits per heavy atom. The molecular weight excluding hydrogens is 272 g/mol. The molecule has 1 aromatic heterocycles. The lowest BCUT2D eigenvalue weighted by molar-refractivity contribution is -0.142. The summed E-state index contributed by atoms with van der Waals surface area (Å²) in [6.07, 6.45) is 3.14. The molecule has 0 aliphatic carbocycles. The molecule has 0 bridgehead atoms. The quantitative estimate of drug-likeness (QED) is 0.905. The van der Waals surface area contributed by atoms with Crippen molar-refractivity contribution in [2.75, 3.05) is 6.54 Å². The summed E-state index contributed by atoms with van der Waals surface area (Å²) in [6, 6.07) is 2.99. The number of nitrogens with zero attached hydrogens (tertiary/aromatic N) is 2. The van der Waals surface area contributed by atoms with Gasteiger partial charge in [-0.2, -0.15) is 0 Å². The lowest BCUT2D eigenvalue weighted by atomic mass is 9.95. The molecule has 114 valence electrons. The Balaban J connectivity index is 2.28. The summed E-state index contributed by atoms with van der Waals surface area (Å²) in [7, 11) is 0. The van der Waals surface area contributed by atoms with E-state index in [1.165, 1.54) is 4.90 Å². The number of aliphatic carboxylic acids is 1. The van der Waals surface area contributed by atoms with Gasteiger partial charge in [0.25, 0.3) is 0 Å². The van der Waals surface area contributed by atoms with Gasteiger partial charge in [-0.15, -0.1) is 0 Å². The maximum Gasteiger partial charge on any atom is 0.410 e. The van der Waals surface area contributed by atoms with E-state index in [1.54, 1.807) is 45.3 Å². The van der Waals surface area contributed by atoms with E-state index in [0.717, 1.165) is 0 Å². The smallest absolute Gasteiger partial charge is 0.410 e. The molecule has 0 unspecified atom stereocenters. The number of pyridine rings is 1. The Kier molecular flexibility index (Phi) is 4.16. The Labute approximate surface area is 123 Å². The zero-order chi connectivity index (χ0) is 15.6. The molecule has 1 aliphatic rings. The second-order valence-electron chi connectivity index (χ2n) is 6.14. The molecule has 2 rings (SSSR count). The monoisotopic (exact) mass is 292 g/mol. The first-order valence-corrected chi connectivity index (χ1v) is 6.92. The maximum absolute atomic E-state index is 12.3. The molecule has 1 aliphatic heterocycles. The number of rotatable bonds is 2. The van der Waals surface area contributed by atoms with Crippen LogP contribution in [0, 0.1) is 5.92 Å². The lowest BCUT2D eigenvalue weighted by Crippen LogP contribution is -2.38. The number of carboxylic acids is 1. The van der Waals surface area contributed by atoms with Crippen molar-refractivity contribution in [1.82, 2.24) is 9.88 Å². The Morgan fingerprint density at radius 3 is 2.67 bits per heavy atom. The van der Waals surface area contributed by atoms with Gasteiger partial charge in [-0.25, -0.2) is 4.79 Å². The van der Waals surface area contributed by atoms with E-state index in [-0.39, 0.29) is 0 Å². The molecule has 6 nitrogen and oxygen atoms in total. The van der Waals surface area contributed by atoms with Crippen LogP contribution in [0.4, 0.5) is 4.79 Å². The highest BCUT2D eigenvalue weighted by molar-refractivity contribution is 5.76. The number of carboxylic acid groups (broad SMARTS) is 1. The molecule has 2 heterocycles.